The molecular formula is C10H16O5. The summed E-state index contributed by atoms with van der Waals surface area (Å²) in [5, 5.41) is 0. The van der Waals surface area contributed by atoms with E-state index >= 15 is 0 Å². The molecule has 0 heterocycles. The van der Waals surface area contributed by atoms with E-state index in [1.54, 1.807) is 20.8 Å². The van der Waals surface area contributed by atoms with Crippen LogP contribution in [0.25, 0.3) is 0 Å². The van der Waals surface area contributed by atoms with Crippen molar-refractivity contribution in [3.63, 3.8) is 0 Å². The second-order valence-electron chi connectivity index (χ2n) is 2.99. The number of carbonyl (C=O) groups is 2. The topological polar surface area (TPSA) is 61.8 Å². The van der Waals surface area contributed by atoms with Gasteiger partial charge in [0.25, 0.3) is 0 Å². The predicted molar refractivity (Wildman–Crippen MR) is 53.3 cm³/mol. The largest absolute Gasteiger partial charge is 0.508 e. The summed E-state index contributed by atoms with van der Waals surface area (Å²) in [7, 11) is 0. The Balaban J connectivity index is 3.75. The first-order chi connectivity index (χ1) is 6.97. The highest BCUT2D eigenvalue weighted by atomic mass is 16.7. The van der Waals surface area contributed by atoms with Gasteiger partial charge in [0.1, 0.15) is 12.7 Å². The number of ether oxygens (including phenoxy) is 3. The van der Waals surface area contributed by atoms with Crippen molar-refractivity contribution < 1.29 is 23.8 Å². The van der Waals surface area contributed by atoms with Crippen LogP contribution >= 0.6 is 0 Å². The van der Waals surface area contributed by atoms with Crippen LogP contribution in [-0.2, 0) is 19.0 Å². The number of rotatable bonds is 5. The van der Waals surface area contributed by atoms with Crippen LogP contribution in [0.15, 0.2) is 12.2 Å². The first-order valence-electron chi connectivity index (χ1n) is 4.63. The molecule has 0 saturated heterocycles. The van der Waals surface area contributed by atoms with Gasteiger partial charge in [0.2, 0.25) is 0 Å². The van der Waals surface area contributed by atoms with Crippen LogP contribution in [0.4, 0.5) is 4.79 Å². The molecule has 5 heteroatoms. The molecule has 0 aliphatic heterocycles. The Morgan fingerprint density at radius 2 is 1.93 bits per heavy atom. The van der Waals surface area contributed by atoms with Crippen LogP contribution in [0.5, 0.6) is 0 Å². The van der Waals surface area contributed by atoms with Gasteiger partial charge < -0.3 is 14.2 Å². The van der Waals surface area contributed by atoms with E-state index in [0.717, 1.165) is 0 Å². The van der Waals surface area contributed by atoms with Gasteiger partial charge >= 0.3 is 12.1 Å². The fourth-order valence-corrected chi connectivity index (χ4v) is 0.662. The summed E-state index contributed by atoms with van der Waals surface area (Å²) in [4.78, 5) is 21.8. The average molecular weight is 216 g/mol. The van der Waals surface area contributed by atoms with Crippen LogP contribution in [0.1, 0.15) is 20.8 Å². The molecule has 15 heavy (non-hydrogen) atoms. The summed E-state index contributed by atoms with van der Waals surface area (Å²) in [6.45, 7) is 8.47. The maximum absolute atomic E-state index is 11.0. The molecule has 5 nitrogen and oxygen atoms in total. The molecule has 86 valence electrons. The molecule has 0 bridgehead atoms. The first kappa shape index (κ1) is 13.5. The summed E-state index contributed by atoms with van der Waals surface area (Å²) in [6, 6.07) is 0. The predicted octanol–water partition coefficient (Wildman–Crippen LogP) is 1.67. The van der Waals surface area contributed by atoms with Gasteiger partial charge in [0, 0.05) is 5.57 Å². The minimum Gasteiger partial charge on any atom is -0.456 e. The highest BCUT2D eigenvalue weighted by Crippen LogP contribution is 1.99. The zero-order chi connectivity index (χ0) is 11.8. The first-order valence-corrected chi connectivity index (χ1v) is 4.63. The Bertz CT molecular complexity index is 246. The van der Waals surface area contributed by atoms with Gasteiger partial charge in [-0.25, -0.2) is 9.59 Å². The monoisotopic (exact) mass is 216 g/mol. The van der Waals surface area contributed by atoms with E-state index in [2.05, 4.69) is 16.1 Å². The van der Waals surface area contributed by atoms with Gasteiger partial charge in [0.05, 0.1) is 6.61 Å². The fourth-order valence-electron chi connectivity index (χ4n) is 0.662. The van der Waals surface area contributed by atoms with Crippen molar-refractivity contribution in [1.29, 1.82) is 0 Å². The molecule has 0 aromatic heterocycles. The normalized spacial score (nSPS) is 11.4. The van der Waals surface area contributed by atoms with Crippen LogP contribution in [0.3, 0.4) is 0 Å². The van der Waals surface area contributed by atoms with Crippen molar-refractivity contribution in [3.05, 3.63) is 12.2 Å². The highest BCUT2D eigenvalue weighted by molar-refractivity contribution is 5.87. The zero-order valence-corrected chi connectivity index (χ0v) is 9.24. The number of esters is 1. The molecule has 0 saturated carbocycles. The molecule has 0 N–H and O–H groups in total. The van der Waals surface area contributed by atoms with Crippen molar-refractivity contribution in [2.75, 3.05) is 13.2 Å². The highest BCUT2D eigenvalue weighted by Gasteiger charge is 2.12. The second kappa shape index (κ2) is 6.86. The maximum Gasteiger partial charge on any atom is 0.508 e. The lowest BCUT2D eigenvalue weighted by atomic mass is 10.3. The third kappa shape index (κ3) is 6.54. The Hall–Kier alpha value is -1.52. The fraction of sp³-hybridized carbons (Fsp3) is 0.600. The van der Waals surface area contributed by atoms with Crippen LogP contribution in [0.2, 0.25) is 0 Å². The third-order valence-electron chi connectivity index (χ3n) is 1.35. The van der Waals surface area contributed by atoms with Gasteiger partial charge in [-0.05, 0) is 20.8 Å². The molecule has 0 aromatic carbocycles. The molecule has 0 radical (unpaired) electrons. The molecule has 0 spiro atoms. The van der Waals surface area contributed by atoms with Crippen molar-refractivity contribution >= 4 is 12.1 Å². The standard InChI is InChI=1S/C10H16O5/c1-5-13-10(12)14-6-8(4)15-9(11)7(2)3/h8H,2,5-6H2,1,3-4H3. The molecule has 1 atom stereocenters. The summed E-state index contributed by atoms with van der Waals surface area (Å²) in [5.74, 6) is -0.505. The quantitative estimate of drug-likeness (QED) is 0.516. The third-order valence-corrected chi connectivity index (χ3v) is 1.35. The lowest BCUT2D eigenvalue weighted by Crippen LogP contribution is -2.22. The van der Waals surface area contributed by atoms with Crippen molar-refractivity contribution in [3.8, 4) is 0 Å². The Morgan fingerprint density at radius 1 is 1.33 bits per heavy atom. The van der Waals surface area contributed by atoms with E-state index in [1.807, 2.05) is 0 Å². The van der Waals surface area contributed by atoms with E-state index in [9.17, 15) is 9.59 Å². The number of hydrogen-bond acceptors (Lipinski definition) is 5. The van der Waals surface area contributed by atoms with Crippen LogP contribution in [0, 0.1) is 0 Å². The van der Waals surface area contributed by atoms with E-state index < -0.39 is 18.2 Å². The number of hydrogen-bond donors (Lipinski definition) is 0. The van der Waals surface area contributed by atoms with Gasteiger partial charge in [-0.1, -0.05) is 6.58 Å². The van der Waals surface area contributed by atoms with E-state index in [4.69, 9.17) is 4.74 Å². The van der Waals surface area contributed by atoms with Gasteiger partial charge in [0.15, 0.2) is 0 Å². The lowest BCUT2D eigenvalue weighted by Gasteiger charge is -2.12. The van der Waals surface area contributed by atoms with Crippen molar-refractivity contribution in [2.24, 2.45) is 0 Å². The molecule has 0 fully saturated rings. The lowest BCUT2D eigenvalue weighted by molar-refractivity contribution is -0.145. The molecular weight excluding hydrogens is 200 g/mol. The van der Waals surface area contributed by atoms with Crippen LogP contribution in [-0.4, -0.2) is 31.4 Å². The summed E-state index contributed by atoms with van der Waals surface area (Å²) >= 11 is 0. The van der Waals surface area contributed by atoms with E-state index in [1.165, 1.54) is 0 Å². The molecule has 0 aromatic rings. The zero-order valence-electron chi connectivity index (χ0n) is 9.24. The molecule has 0 aliphatic rings. The minimum absolute atomic E-state index is 0.0299. The van der Waals surface area contributed by atoms with Gasteiger partial charge in [-0.2, -0.15) is 0 Å². The van der Waals surface area contributed by atoms with Crippen LogP contribution < -0.4 is 0 Å². The van der Waals surface area contributed by atoms with E-state index in [0.29, 0.717) is 5.57 Å². The maximum atomic E-state index is 11.0. The number of carbonyl (C=O) groups excluding carboxylic acids is 2. The molecule has 0 rings (SSSR count). The molecule has 0 aliphatic carbocycles. The smallest absolute Gasteiger partial charge is 0.456 e. The summed E-state index contributed by atoms with van der Waals surface area (Å²) in [6.07, 6.45) is -1.28. The minimum atomic E-state index is -0.768. The van der Waals surface area contributed by atoms with Gasteiger partial charge in [-0.3, -0.25) is 0 Å². The van der Waals surface area contributed by atoms with Crippen molar-refractivity contribution in [1.82, 2.24) is 0 Å². The molecule has 0 amide bonds. The molecule has 1 unspecified atom stereocenters. The Kier molecular flexibility index (Phi) is 6.17. The van der Waals surface area contributed by atoms with Crippen molar-refractivity contribution in [2.45, 2.75) is 26.9 Å². The van der Waals surface area contributed by atoms with E-state index in [-0.39, 0.29) is 13.2 Å². The SMILES string of the molecule is C=C(C)C(=O)OC(C)COC(=O)OCC. The summed E-state index contributed by atoms with van der Waals surface area (Å²) < 4.78 is 14.1. The summed E-state index contributed by atoms with van der Waals surface area (Å²) in [5.41, 5.74) is 0.304. The average Bonchev–Trinajstić information content (AvgIpc) is 2.15. The Labute approximate surface area is 89.0 Å². The Morgan fingerprint density at radius 3 is 2.40 bits per heavy atom. The van der Waals surface area contributed by atoms with Gasteiger partial charge in [-0.15, -0.1) is 0 Å². The second-order valence-corrected chi connectivity index (χ2v) is 2.99.